The summed E-state index contributed by atoms with van der Waals surface area (Å²) in [5, 5.41) is 0.778. The molecule has 0 radical (unpaired) electrons. The number of nitrogens with zero attached hydrogens (tertiary/aromatic N) is 4. The Morgan fingerprint density at radius 2 is 1.86 bits per heavy atom. The highest BCUT2D eigenvalue weighted by atomic mass is 32.2. The van der Waals surface area contributed by atoms with Crippen LogP contribution >= 0.6 is 11.8 Å². The molecular weight excluding hydrogens is 471 g/mol. The molecule has 182 valence electrons. The van der Waals surface area contributed by atoms with Gasteiger partial charge in [0.25, 0.3) is 0 Å². The zero-order valence-electron chi connectivity index (χ0n) is 20.2. The number of nitrogens with one attached hydrogen (secondary N) is 1. The minimum absolute atomic E-state index is 0.0835. The van der Waals surface area contributed by atoms with Crippen LogP contribution in [-0.2, 0) is 11.9 Å². The van der Waals surface area contributed by atoms with Crippen LogP contribution < -0.4 is 20.1 Å². The number of piperidine rings is 1. The van der Waals surface area contributed by atoms with E-state index < -0.39 is 0 Å². The van der Waals surface area contributed by atoms with Gasteiger partial charge in [-0.3, -0.25) is 0 Å². The van der Waals surface area contributed by atoms with Crippen molar-refractivity contribution in [1.82, 2.24) is 19.9 Å². The van der Waals surface area contributed by atoms with Crippen LogP contribution in [0.25, 0.3) is 11.3 Å². The number of hydrogen-bond acceptors (Lipinski definition) is 8. The highest BCUT2D eigenvalue weighted by Gasteiger charge is 2.53. The van der Waals surface area contributed by atoms with Crippen molar-refractivity contribution in [1.29, 1.82) is 0 Å². The van der Waals surface area contributed by atoms with E-state index in [1.807, 2.05) is 18.2 Å². The van der Waals surface area contributed by atoms with E-state index in [1.54, 1.807) is 6.20 Å². The molecule has 8 nitrogen and oxygen atoms in total. The van der Waals surface area contributed by atoms with Crippen LogP contribution in [0.4, 0.5) is 5.95 Å². The summed E-state index contributed by atoms with van der Waals surface area (Å²) in [6, 6.07) is 14.6. The van der Waals surface area contributed by atoms with Crippen molar-refractivity contribution in [3.63, 3.8) is 0 Å². The van der Waals surface area contributed by atoms with Crippen molar-refractivity contribution in [3.05, 3.63) is 59.8 Å². The first-order valence-electron chi connectivity index (χ1n) is 12.4. The van der Waals surface area contributed by atoms with E-state index in [1.165, 1.54) is 22.9 Å². The van der Waals surface area contributed by atoms with Gasteiger partial charge in [-0.15, -0.1) is 0 Å². The Bertz CT molecular complexity index is 1470. The van der Waals surface area contributed by atoms with Crippen LogP contribution in [0, 0.1) is 5.41 Å². The Balaban J connectivity index is 1.10. The quantitative estimate of drug-likeness (QED) is 0.416. The lowest BCUT2D eigenvalue weighted by atomic mass is 9.55. The summed E-state index contributed by atoms with van der Waals surface area (Å²) in [4.78, 5) is 20.8. The van der Waals surface area contributed by atoms with Gasteiger partial charge in [0.05, 0.1) is 11.1 Å². The number of benzene rings is 2. The number of rotatable bonds is 3. The summed E-state index contributed by atoms with van der Waals surface area (Å²) in [5.74, 6) is 2.36. The van der Waals surface area contributed by atoms with E-state index in [4.69, 9.17) is 25.2 Å². The average molecular weight is 498 g/mol. The summed E-state index contributed by atoms with van der Waals surface area (Å²) in [5.41, 5.74) is 10.8. The van der Waals surface area contributed by atoms with Gasteiger partial charge in [0, 0.05) is 18.5 Å². The molecule has 3 aliphatic rings. The molecule has 2 aromatic heterocycles. The number of anilines is 1. The van der Waals surface area contributed by atoms with Gasteiger partial charge < -0.3 is 25.1 Å². The Labute approximate surface area is 214 Å². The van der Waals surface area contributed by atoms with Crippen molar-refractivity contribution < 1.29 is 9.47 Å². The third-order valence-corrected chi connectivity index (χ3v) is 9.09. The molecule has 1 unspecified atom stereocenters. The molecule has 10 heteroatoms. The Morgan fingerprint density at radius 3 is 2.72 bits per heavy atom. The number of imidazole rings is 1. The number of aromatic amines is 1. The second kappa shape index (κ2) is 8.14. The Kier molecular flexibility index (Phi) is 4.98. The van der Waals surface area contributed by atoms with Gasteiger partial charge in [-0.2, -0.15) is 4.98 Å². The topological polar surface area (TPSA) is 102 Å². The normalized spacial score (nSPS) is 22.2. The molecule has 7 rings (SSSR count). The first-order chi connectivity index (χ1) is 17.5. The molecule has 1 atom stereocenters. The molecule has 0 bridgehead atoms. The van der Waals surface area contributed by atoms with E-state index in [-0.39, 0.29) is 10.9 Å². The fraction of sp³-hybridized carbons (Fsp3) is 0.346. The van der Waals surface area contributed by atoms with Gasteiger partial charge >= 0.3 is 0 Å². The van der Waals surface area contributed by atoms with E-state index in [0.29, 0.717) is 24.5 Å². The van der Waals surface area contributed by atoms with E-state index in [2.05, 4.69) is 47.0 Å². The van der Waals surface area contributed by atoms with Gasteiger partial charge in [-0.25, -0.2) is 9.97 Å². The lowest BCUT2D eigenvalue weighted by molar-refractivity contribution is 0.159. The molecule has 3 N–H and O–H groups in total. The summed E-state index contributed by atoms with van der Waals surface area (Å²) >= 11 is 1.51. The van der Waals surface area contributed by atoms with E-state index in [0.717, 1.165) is 59.7 Å². The minimum Gasteiger partial charge on any atom is -0.486 e. The number of para-hydroxylation sites is 1. The average Bonchev–Trinajstić information content (AvgIpc) is 3.41. The molecule has 0 saturated carbocycles. The molecule has 1 spiro atoms. The predicted molar refractivity (Wildman–Crippen MR) is 142 cm³/mol. The summed E-state index contributed by atoms with van der Waals surface area (Å²) in [7, 11) is 2.21. The number of hydrogen-bond donors (Lipinski definition) is 2. The maximum absolute atomic E-state index is 6.99. The number of nitrogens with two attached hydrogens (primary N) is 1. The molecule has 1 saturated heterocycles. The maximum Gasteiger partial charge on any atom is 0.206 e. The summed E-state index contributed by atoms with van der Waals surface area (Å²) in [6.45, 7) is 2.91. The fourth-order valence-electron chi connectivity index (χ4n) is 6.06. The third kappa shape index (κ3) is 3.38. The molecule has 1 fully saturated rings. The monoisotopic (exact) mass is 498 g/mol. The van der Waals surface area contributed by atoms with Crippen LogP contribution in [0.2, 0.25) is 0 Å². The lowest BCUT2D eigenvalue weighted by Gasteiger charge is -2.47. The van der Waals surface area contributed by atoms with Crippen LogP contribution in [0.3, 0.4) is 0 Å². The van der Waals surface area contributed by atoms with Crippen molar-refractivity contribution in [2.24, 2.45) is 11.1 Å². The van der Waals surface area contributed by atoms with Crippen molar-refractivity contribution >= 4 is 36.9 Å². The molecular formula is C26H27BN6O2S. The van der Waals surface area contributed by atoms with Gasteiger partial charge in [0.15, 0.2) is 22.8 Å². The number of aromatic nitrogens is 4. The molecule has 2 aliphatic heterocycles. The largest absolute Gasteiger partial charge is 0.486 e. The Morgan fingerprint density at radius 1 is 1.03 bits per heavy atom. The number of ether oxygens (including phenoxy) is 2. The van der Waals surface area contributed by atoms with Crippen LogP contribution in [-0.4, -0.2) is 54.1 Å². The summed E-state index contributed by atoms with van der Waals surface area (Å²) < 4.78 is 11.5. The first kappa shape index (κ1) is 22.0. The maximum atomic E-state index is 6.99. The van der Waals surface area contributed by atoms with Crippen LogP contribution in [0.5, 0.6) is 11.5 Å². The molecule has 0 amide bonds. The highest BCUT2D eigenvalue weighted by molar-refractivity contribution is 7.99. The minimum atomic E-state index is -0.315. The number of fused-ring (bicyclic) bond motifs is 3. The molecule has 4 aromatic rings. The van der Waals surface area contributed by atoms with Gasteiger partial charge in [0.2, 0.25) is 5.95 Å². The molecule has 4 heterocycles. The van der Waals surface area contributed by atoms with Gasteiger partial charge in [0.1, 0.15) is 26.1 Å². The first-order valence-corrected chi connectivity index (χ1v) is 13.3. The standard InChI is InChI=1S/C26H27BN6O2S/c27-26(28)17-5-2-1-4-16(17)14-25(26)8-10-33(11-9-25)24-31-22-23(32-24)30-20(15-29-22)36-19-7-3-6-18-21(19)35-13-12-34-18/h1-7,15H,8-14,27-28H2,(H,29,30,31,32). The highest BCUT2D eigenvalue weighted by Crippen LogP contribution is 2.53. The third-order valence-electron chi connectivity index (χ3n) is 8.15. The van der Waals surface area contributed by atoms with E-state index >= 15 is 0 Å². The van der Waals surface area contributed by atoms with Crippen LogP contribution in [0.15, 0.2) is 58.6 Å². The second-order valence-corrected chi connectivity index (χ2v) is 11.2. The van der Waals surface area contributed by atoms with E-state index in [9.17, 15) is 0 Å². The zero-order chi connectivity index (χ0) is 24.3. The second-order valence-electron chi connectivity index (χ2n) is 10.1. The smallest absolute Gasteiger partial charge is 0.206 e. The van der Waals surface area contributed by atoms with Gasteiger partial charge in [-0.1, -0.05) is 42.1 Å². The SMILES string of the molecule is BC1(N)c2ccccc2CC12CCN(c1nc3ncc(Sc4cccc5c4OCCO5)nc3[nH]1)CC2. The van der Waals surface area contributed by atoms with Crippen molar-refractivity contribution in [2.45, 2.75) is 34.6 Å². The Hall–Kier alpha value is -3.24. The van der Waals surface area contributed by atoms with Crippen molar-refractivity contribution in [3.8, 4) is 11.5 Å². The predicted octanol–water partition coefficient (Wildman–Crippen LogP) is 2.86. The molecule has 1 aliphatic carbocycles. The van der Waals surface area contributed by atoms with Gasteiger partial charge in [-0.05, 0) is 47.9 Å². The fourth-order valence-corrected chi connectivity index (χ4v) is 6.93. The van der Waals surface area contributed by atoms with Crippen molar-refractivity contribution in [2.75, 3.05) is 31.2 Å². The molecule has 2 aromatic carbocycles. The molecule has 36 heavy (non-hydrogen) atoms. The summed E-state index contributed by atoms with van der Waals surface area (Å²) in [6.07, 6.45) is 4.86. The zero-order valence-corrected chi connectivity index (χ0v) is 21.0. The number of H-pyrrole nitrogens is 1. The lowest BCUT2D eigenvalue weighted by Crippen LogP contribution is -2.55. The van der Waals surface area contributed by atoms with Crippen LogP contribution in [0.1, 0.15) is 24.0 Å².